The fourth-order valence-electron chi connectivity index (χ4n) is 4.00. The molecule has 1 fully saturated rings. The van der Waals surface area contributed by atoms with Gasteiger partial charge in [-0.1, -0.05) is 0 Å². The van der Waals surface area contributed by atoms with Gasteiger partial charge in [-0.25, -0.2) is 9.48 Å². The summed E-state index contributed by atoms with van der Waals surface area (Å²) < 4.78 is 12.6. The molecule has 3 heterocycles. The molecule has 0 radical (unpaired) electrons. The number of aromatic nitrogens is 3. The molecule has 3 aromatic rings. The van der Waals surface area contributed by atoms with Crippen molar-refractivity contribution in [2.75, 3.05) is 20.2 Å². The van der Waals surface area contributed by atoms with Crippen molar-refractivity contribution in [2.24, 2.45) is 0 Å². The lowest BCUT2D eigenvalue weighted by molar-refractivity contribution is -0.0383. The van der Waals surface area contributed by atoms with E-state index in [1.165, 1.54) is 0 Å². The molecule has 0 atom stereocenters. The minimum atomic E-state index is -1.15. The average molecular weight is 465 g/mol. The maximum absolute atomic E-state index is 12.5. The van der Waals surface area contributed by atoms with Crippen LogP contribution in [0.2, 0.25) is 0 Å². The van der Waals surface area contributed by atoms with Gasteiger partial charge in [-0.2, -0.15) is 5.10 Å². The van der Waals surface area contributed by atoms with E-state index in [9.17, 15) is 9.90 Å². The third kappa shape index (κ3) is 5.07. The van der Waals surface area contributed by atoms with Crippen LogP contribution in [0.25, 0.3) is 16.9 Å². The highest BCUT2D eigenvalue weighted by atomic mass is 16.6. The van der Waals surface area contributed by atoms with E-state index >= 15 is 0 Å². The molecule has 8 nitrogen and oxygen atoms in total. The number of methoxy groups -OCH3 is 1. The van der Waals surface area contributed by atoms with Gasteiger partial charge >= 0.3 is 6.09 Å². The molecule has 4 rings (SSSR count). The summed E-state index contributed by atoms with van der Waals surface area (Å²) in [5.41, 5.74) is 2.36. The Hall–Kier alpha value is -3.39. The highest BCUT2D eigenvalue weighted by Gasteiger charge is 2.39. The number of aryl methyl sites for hydroxylation is 1. The summed E-state index contributed by atoms with van der Waals surface area (Å²) in [6.07, 6.45) is 2.20. The molecule has 1 N–H and O–H groups in total. The topological polar surface area (TPSA) is 89.7 Å². The van der Waals surface area contributed by atoms with Crippen LogP contribution in [0.15, 0.2) is 48.7 Å². The maximum atomic E-state index is 12.5. The largest absolute Gasteiger partial charge is 0.497 e. The number of piperidine rings is 1. The first kappa shape index (κ1) is 23.8. The lowest BCUT2D eigenvalue weighted by atomic mass is 9.88. The fourth-order valence-corrected chi connectivity index (χ4v) is 4.00. The van der Waals surface area contributed by atoms with Crippen molar-refractivity contribution in [3.8, 4) is 22.7 Å². The van der Waals surface area contributed by atoms with Gasteiger partial charge in [0, 0.05) is 30.5 Å². The predicted octanol–water partition coefficient (Wildman–Crippen LogP) is 4.47. The van der Waals surface area contributed by atoms with E-state index in [4.69, 9.17) is 14.6 Å². The molecule has 0 bridgehead atoms. The highest BCUT2D eigenvalue weighted by molar-refractivity contribution is 5.68. The molecule has 0 saturated carbocycles. The lowest BCUT2D eigenvalue weighted by Crippen LogP contribution is -2.47. The van der Waals surface area contributed by atoms with E-state index in [-0.39, 0.29) is 6.09 Å². The zero-order chi connectivity index (χ0) is 24.5. The number of rotatable bonds is 4. The van der Waals surface area contributed by atoms with Crippen molar-refractivity contribution in [1.82, 2.24) is 19.7 Å². The highest BCUT2D eigenvalue weighted by Crippen LogP contribution is 2.36. The summed E-state index contributed by atoms with van der Waals surface area (Å²) in [5.74, 6) is 0.753. The number of nitrogens with zero attached hydrogens (tertiary/aromatic N) is 4. The minimum Gasteiger partial charge on any atom is -0.497 e. The Morgan fingerprint density at radius 3 is 2.32 bits per heavy atom. The zero-order valence-electron chi connectivity index (χ0n) is 20.4. The number of pyridine rings is 1. The summed E-state index contributed by atoms with van der Waals surface area (Å²) in [6, 6.07) is 13.5. The van der Waals surface area contributed by atoms with Crippen molar-refractivity contribution >= 4 is 6.09 Å². The summed E-state index contributed by atoms with van der Waals surface area (Å²) >= 11 is 0. The van der Waals surface area contributed by atoms with Gasteiger partial charge in [-0.3, -0.25) is 4.98 Å². The number of likely N-dealkylation sites (tertiary alicyclic amines) is 1. The molecule has 1 aliphatic rings. The number of benzene rings is 1. The van der Waals surface area contributed by atoms with Crippen molar-refractivity contribution in [1.29, 1.82) is 0 Å². The van der Waals surface area contributed by atoms with Gasteiger partial charge in [0.05, 0.1) is 24.2 Å². The number of carbonyl (C=O) groups is 1. The van der Waals surface area contributed by atoms with Crippen LogP contribution in [0.5, 0.6) is 5.75 Å². The second kappa shape index (κ2) is 9.10. The first-order valence-corrected chi connectivity index (χ1v) is 11.5. The van der Waals surface area contributed by atoms with Crippen LogP contribution in [0.3, 0.4) is 0 Å². The SMILES string of the molecule is COc1ccc(-n2nc(C3(O)CCN(C(=O)OC(C)(C)C)CC3)cc2-c2ccc(C)nc2)cc1. The van der Waals surface area contributed by atoms with Crippen molar-refractivity contribution in [3.05, 3.63) is 60.0 Å². The van der Waals surface area contributed by atoms with Crippen LogP contribution in [0.4, 0.5) is 4.79 Å². The Balaban J connectivity index is 1.64. The van der Waals surface area contributed by atoms with E-state index in [2.05, 4.69) is 4.98 Å². The van der Waals surface area contributed by atoms with Crippen molar-refractivity contribution in [3.63, 3.8) is 0 Å². The molecule has 1 aliphatic heterocycles. The van der Waals surface area contributed by atoms with Crippen LogP contribution >= 0.6 is 0 Å². The summed E-state index contributed by atoms with van der Waals surface area (Å²) in [4.78, 5) is 18.5. The van der Waals surface area contributed by atoms with E-state index in [0.29, 0.717) is 31.6 Å². The number of hydrogen-bond acceptors (Lipinski definition) is 6. The van der Waals surface area contributed by atoms with E-state index < -0.39 is 11.2 Å². The minimum absolute atomic E-state index is 0.357. The molecule has 0 spiro atoms. The number of aliphatic hydroxyl groups is 1. The second-order valence-corrected chi connectivity index (χ2v) is 9.71. The van der Waals surface area contributed by atoms with Gasteiger partial charge in [0.2, 0.25) is 0 Å². The standard InChI is InChI=1S/C26H32N4O4/c1-18-6-7-19(17-27-18)22-16-23(28-30(22)20-8-10-21(33-5)11-9-20)26(32)12-14-29(15-13-26)24(31)34-25(2,3)4/h6-11,16-17,32H,12-15H2,1-5H3. The first-order chi connectivity index (χ1) is 16.1. The fraction of sp³-hybridized carbons (Fsp3) is 0.423. The molecule has 1 aromatic carbocycles. The first-order valence-electron chi connectivity index (χ1n) is 11.5. The molecular formula is C26H32N4O4. The smallest absolute Gasteiger partial charge is 0.410 e. The zero-order valence-corrected chi connectivity index (χ0v) is 20.4. The van der Waals surface area contributed by atoms with E-state index in [1.807, 2.05) is 81.0 Å². The monoisotopic (exact) mass is 464 g/mol. The Bertz CT molecular complexity index is 1140. The Kier molecular flexibility index (Phi) is 6.36. The van der Waals surface area contributed by atoms with Gasteiger partial charge in [-0.15, -0.1) is 0 Å². The average Bonchev–Trinajstić information content (AvgIpc) is 3.25. The van der Waals surface area contributed by atoms with E-state index in [0.717, 1.165) is 28.4 Å². The molecular weight excluding hydrogens is 432 g/mol. The molecule has 180 valence electrons. The number of ether oxygens (including phenoxy) is 2. The van der Waals surface area contributed by atoms with Crippen LogP contribution in [0.1, 0.15) is 45.0 Å². The third-order valence-corrected chi connectivity index (χ3v) is 5.95. The molecule has 0 aliphatic carbocycles. The van der Waals surface area contributed by atoms with Crippen molar-refractivity contribution < 1.29 is 19.4 Å². The van der Waals surface area contributed by atoms with Gasteiger partial charge in [-0.05, 0) is 83.0 Å². The van der Waals surface area contributed by atoms with Gasteiger partial charge in [0.25, 0.3) is 0 Å². The van der Waals surface area contributed by atoms with Crippen molar-refractivity contribution in [2.45, 2.75) is 51.7 Å². The summed E-state index contributed by atoms with van der Waals surface area (Å²) in [5, 5.41) is 16.4. The summed E-state index contributed by atoms with van der Waals surface area (Å²) in [6.45, 7) is 8.26. The lowest BCUT2D eigenvalue weighted by Gasteiger charge is -2.37. The van der Waals surface area contributed by atoms with Gasteiger partial charge in [0.15, 0.2) is 0 Å². The normalized spacial score (nSPS) is 15.8. The third-order valence-electron chi connectivity index (χ3n) is 5.95. The van der Waals surface area contributed by atoms with E-state index in [1.54, 1.807) is 12.0 Å². The molecule has 8 heteroatoms. The Morgan fingerprint density at radius 1 is 1.09 bits per heavy atom. The van der Waals surface area contributed by atoms with Crippen LogP contribution in [-0.2, 0) is 10.3 Å². The molecule has 1 saturated heterocycles. The quantitative estimate of drug-likeness (QED) is 0.613. The van der Waals surface area contributed by atoms with Gasteiger partial charge in [0.1, 0.15) is 17.0 Å². The second-order valence-electron chi connectivity index (χ2n) is 9.71. The summed E-state index contributed by atoms with van der Waals surface area (Å²) in [7, 11) is 1.63. The molecule has 34 heavy (non-hydrogen) atoms. The number of hydrogen-bond donors (Lipinski definition) is 1. The van der Waals surface area contributed by atoms with Crippen LogP contribution in [0, 0.1) is 6.92 Å². The maximum Gasteiger partial charge on any atom is 0.410 e. The van der Waals surface area contributed by atoms with Crippen LogP contribution in [-0.4, -0.2) is 56.7 Å². The molecule has 2 aromatic heterocycles. The Morgan fingerprint density at radius 2 is 1.76 bits per heavy atom. The van der Waals surface area contributed by atoms with Crippen LogP contribution < -0.4 is 4.74 Å². The molecule has 0 unspecified atom stereocenters. The number of carbonyl (C=O) groups excluding carboxylic acids is 1. The Labute approximate surface area is 200 Å². The molecule has 1 amide bonds. The van der Waals surface area contributed by atoms with Gasteiger partial charge < -0.3 is 19.5 Å². The number of amides is 1. The predicted molar refractivity (Wildman–Crippen MR) is 129 cm³/mol.